The summed E-state index contributed by atoms with van der Waals surface area (Å²) in [4.78, 5) is 6.75. The number of methoxy groups -OCH3 is 2. The van der Waals surface area contributed by atoms with Gasteiger partial charge in [-0.25, -0.2) is 0 Å². The van der Waals surface area contributed by atoms with Gasteiger partial charge < -0.3 is 19.3 Å². The normalized spacial score (nSPS) is 15.6. The van der Waals surface area contributed by atoms with Crippen LogP contribution >= 0.6 is 12.2 Å². The predicted molar refractivity (Wildman–Crippen MR) is 144 cm³/mol. The number of thiocarbonyl (C=S) groups is 1. The fourth-order valence-corrected chi connectivity index (χ4v) is 4.64. The fourth-order valence-electron chi connectivity index (χ4n) is 4.28. The molecule has 36 heavy (non-hydrogen) atoms. The van der Waals surface area contributed by atoms with Crippen molar-refractivity contribution in [3.63, 3.8) is 0 Å². The van der Waals surface area contributed by atoms with Crippen molar-refractivity contribution in [3.8, 4) is 22.9 Å². The zero-order chi connectivity index (χ0) is 25.2. The van der Waals surface area contributed by atoms with Gasteiger partial charge in [0.1, 0.15) is 11.5 Å². The summed E-state index contributed by atoms with van der Waals surface area (Å²) in [6, 6.07) is 23.4. The Bertz CT molecular complexity index is 1430. The fraction of sp³-hybridized carbons (Fsp3) is 0.179. The number of aromatic nitrogens is 2. The van der Waals surface area contributed by atoms with Crippen molar-refractivity contribution in [1.82, 2.24) is 15.5 Å². The lowest BCUT2D eigenvalue weighted by atomic mass is 9.94. The topological polar surface area (TPSA) is 72.7 Å². The second-order valence-corrected chi connectivity index (χ2v) is 8.87. The first-order valence-corrected chi connectivity index (χ1v) is 11.9. The van der Waals surface area contributed by atoms with Crippen LogP contribution in [0, 0.1) is 6.92 Å². The van der Waals surface area contributed by atoms with E-state index in [1.165, 1.54) is 5.56 Å². The molecule has 0 radical (unpaired) electrons. The quantitative estimate of drug-likeness (QED) is 0.328. The number of rotatable bonds is 6. The van der Waals surface area contributed by atoms with Crippen LogP contribution in [0.1, 0.15) is 30.0 Å². The SMILES string of the molecule is COc1ccc(-c2noc(C3=C(C)N(c4cccc(OC)c4)C(=S)NC3c3ccc(C)cc3)n2)cc1. The van der Waals surface area contributed by atoms with Gasteiger partial charge in [0, 0.05) is 17.3 Å². The van der Waals surface area contributed by atoms with Gasteiger partial charge in [0.2, 0.25) is 5.82 Å². The molecule has 0 bridgehead atoms. The van der Waals surface area contributed by atoms with E-state index in [-0.39, 0.29) is 6.04 Å². The summed E-state index contributed by atoms with van der Waals surface area (Å²) in [5.74, 6) is 2.42. The van der Waals surface area contributed by atoms with Crippen LogP contribution in [0.5, 0.6) is 11.5 Å². The van der Waals surface area contributed by atoms with E-state index in [9.17, 15) is 0 Å². The molecule has 0 fully saturated rings. The summed E-state index contributed by atoms with van der Waals surface area (Å²) in [5.41, 5.74) is 5.67. The molecule has 2 heterocycles. The second kappa shape index (κ2) is 9.83. The number of aryl methyl sites for hydroxylation is 1. The molecule has 1 N–H and O–H groups in total. The third-order valence-electron chi connectivity index (χ3n) is 6.21. The van der Waals surface area contributed by atoms with Crippen LogP contribution in [0.4, 0.5) is 5.69 Å². The molecule has 0 aliphatic carbocycles. The van der Waals surface area contributed by atoms with Crippen molar-refractivity contribution >= 4 is 28.6 Å². The van der Waals surface area contributed by atoms with Gasteiger partial charge in [0.25, 0.3) is 5.89 Å². The van der Waals surface area contributed by atoms with Crippen molar-refractivity contribution in [1.29, 1.82) is 0 Å². The Morgan fingerprint density at radius 3 is 2.33 bits per heavy atom. The minimum atomic E-state index is -0.260. The maximum Gasteiger partial charge on any atom is 0.258 e. The first-order chi connectivity index (χ1) is 17.5. The third-order valence-corrected chi connectivity index (χ3v) is 6.51. The van der Waals surface area contributed by atoms with Crippen molar-refractivity contribution < 1.29 is 14.0 Å². The van der Waals surface area contributed by atoms with Gasteiger partial charge in [0.05, 0.1) is 31.5 Å². The molecule has 7 nitrogen and oxygen atoms in total. The molecule has 1 aliphatic rings. The van der Waals surface area contributed by atoms with Gasteiger partial charge in [-0.2, -0.15) is 4.98 Å². The van der Waals surface area contributed by atoms with Gasteiger partial charge in [-0.3, -0.25) is 4.90 Å². The van der Waals surface area contributed by atoms with Crippen molar-refractivity contribution in [2.45, 2.75) is 19.9 Å². The second-order valence-electron chi connectivity index (χ2n) is 8.48. The average Bonchev–Trinajstić information content (AvgIpc) is 3.39. The molecule has 1 aliphatic heterocycles. The zero-order valence-corrected chi connectivity index (χ0v) is 21.3. The Hall–Kier alpha value is -4.17. The molecule has 4 aromatic rings. The molecular weight excluding hydrogens is 472 g/mol. The summed E-state index contributed by atoms with van der Waals surface area (Å²) in [6.45, 7) is 4.08. The highest BCUT2D eigenvalue weighted by Crippen LogP contribution is 2.39. The number of anilines is 1. The van der Waals surface area contributed by atoms with E-state index in [1.54, 1.807) is 14.2 Å². The number of nitrogens with zero attached hydrogens (tertiary/aromatic N) is 3. The molecule has 1 atom stereocenters. The van der Waals surface area contributed by atoms with Gasteiger partial charge in [0.15, 0.2) is 5.11 Å². The van der Waals surface area contributed by atoms with Crippen molar-refractivity contribution in [3.05, 3.63) is 95.5 Å². The third kappa shape index (κ3) is 4.43. The Morgan fingerprint density at radius 1 is 0.917 bits per heavy atom. The van der Waals surface area contributed by atoms with Gasteiger partial charge in [-0.15, -0.1) is 0 Å². The number of ether oxygens (including phenoxy) is 2. The summed E-state index contributed by atoms with van der Waals surface area (Å²) >= 11 is 5.84. The maximum absolute atomic E-state index is 5.84. The van der Waals surface area contributed by atoms with E-state index in [4.69, 9.17) is 31.2 Å². The van der Waals surface area contributed by atoms with E-state index in [0.29, 0.717) is 16.8 Å². The zero-order valence-electron chi connectivity index (χ0n) is 20.5. The highest BCUT2D eigenvalue weighted by atomic mass is 32.1. The molecule has 8 heteroatoms. The molecule has 0 spiro atoms. The Morgan fingerprint density at radius 2 is 1.64 bits per heavy atom. The molecule has 1 unspecified atom stereocenters. The smallest absolute Gasteiger partial charge is 0.258 e. The molecule has 3 aromatic carbocycles. The van der Waals surface area contributed by atoms with Crippen molar-refractivity contribution in [2.24, 2.45) is 0 Å². The summed E-state index contributed by atoms with van der Waals surface area (Å²) < 4.78 is 16.5. The predicted octanol–water partition coefficient (Wildman–Crippen LogP) is 5.93. The molecule has 0 amide bonds. The Balaban J connectivity index is 1.63. The van der Waals surface area contributed by atoms with Gasteiger partial charge in [-0.1, -0.05) is 41.1 Å². The molecule has 0 saturated heterocycles. The van der Waals surface area contributed by atoms with Crippen LogP contribution in [0.25, 0.3) is 17.0 Å². The van der Waals surface area contributed by atoms with Crippen molar-refractivity contribution in [2.75, 3.05) is 19.1 Å². The van der Waals surface area contributed by atoms with Crippen LogP contribution in [0.3, 0.4) is 0 Å². The number of benzene rings is 3. The molecule has 0 saturated carbocycles. The molecule has 1 aromatic heterocycles. The molecule has 5 rings (SSSR count). The highest BCUT2D eigenvalue weighted by Gasteiger charge is 2.35. The number of hydrogen-bond donors (Lipinski definition) is 1. The lowest BCUT2D eigenvalue weighted by molar-refractivity contribution is 0.404. The standard InChI is InChI=1S/C28H26N4O3S/c1-17-8-10-19(11-9-17)25-24(27-30-26(31-35-27)20-12-14-22(33-3)15-13-20)18(2)32(28(36)29-25)21-6-5-7-23(16-21)34-4/h5-16,25H,1-4H3,(H,29,36). The summed E-state index contributed by atoms with van der Waals surface area (Å²) in [6.07, 6.45) is 0. The van der Waals surface area contributed by atoms with Crippen LogP contribution in [0.2, 0.25) is 0 Å². The highest BCUT2D eigenvalue weighted by molar-refractivity contribution is 7.80. The van der Waals surface area contributed by atoms with Crippen LogP contribution in [-0.4, -0.2) is 29.5 Å². The first-order valence-electron chi connectivity index (χ1n) is 11.5. The lowest BCUT2D eigenvalue weighted by Crippen LogP contribution is -2.46. The lowest BCUT2D eigenvalue weighted by Gasteiger charge is -2.37. The summed E-state index contributed by atoms with van der Waals surface area (Å²) in [5, 5.41) is 8.35. The maximum atomic E-state index is 5.84. The van der Waals surface area contributed by atoms with E-state index in [0.717, 1.165) is 39.6 Å². The van der Waals surface area contributed by atoms with Crippen LogP contribution in [0.15, 0.2) is 83.0 Å². The largest absolute Gasteiger partial charge is 0.497 e. The van der Waals surface area contributed by atoms with E-state index < -0.39 is 0 Å². The number of allylic oxidation sites excluding steroid dienone is 1. The van der Waals surface area contributed by atoms with Gasteiger partial charge in [-0.05, 0) is 68.0 Å². The minimum absolute atomic E-state index is 0.260. The Labute approximate surface area is 215 Å². The van der Waals surface area contributed by atoms with Crippen LogP contribution < -0.4 is 19.7 Å². The number of hydrogen-bond acceptors (Lipinski definition) is 6. The Kier molecular flexibility index (Phi) is 6.43. The minimum Gasteiger partial charge on any atom is -0.497 e. The summed E-state index contributed by atoms with van der Waals surface area (Å²) in [7, 11) is 3.28. The molecule has 182 valence electrons. The van der Waals surface area contributed by atoms with Gasteiger partial charge >= 0.3 is 0 Å². The first kappa shape index (κ1) is 23.6. The number of nitrogens with one attached hydrogen (secondary N) is 1. The van der Waals surface area contributed by atoms with E-state index in [1.807, 2.05) is 60.4 Å². The molecular formula is C28H26N4O3S. The van der Waals surface area contributed by atoms with E-state index >= 15 is 0 Å². The average molecular weight is 499 g/mol. The van der Waals surface area contributed by atoms with E-state index in [2.05, 4.69) is 41.7 Å². The monoisotopic (exact) mass is 498 g/mol. The van der Waals surface area contributed by atoms with Crippen LogP contribution in [-0.2, 0) is 0 Å².